The molecule has 0 spiro atoms. The van der Waals surface area contributed by atoms with Gasteiger partial charge in [-0.05, 0) is 24.7 Å². The van der Waals surface area contributed by atoms with Gasteiger partial charge in [-0.3, -0.25) is 9.80 Å². The summed E-state index contributed by atoms with van der Waals surface area (Å²) in [6.45, 7) is 8.04. The highest BCUT2D eigenvalue weighted by atomic mass is 19.1. The first kappa shape index (κ1) is 14.7. The summed E-state index contributed by atoms with van der Waals surface area (Å²) in [5.74, 6) is -0.176. The Morgan fingerprint density at radius 2 is 1.86 bits per heavy atom. The van der Waals surface area contributed by atoms with Crippen molar-refractivity contribution in [3.8, 4) is 0 Å². The molecule has 2 aliphatic rings. The van der Waals surface area contributed by atoms with Gasteiger partial charge in [0.1, 0.15) is 5.82 Å². The molecule has 0 aromatic heterocycles. The van der Waals surface area contributed by atoms with Crippen LogP contribution in [0.1, 0.15) is 5.56 Å². The van der Waals surface area contributed by atoms with Crippen molar-refractivity contribution in [2.45, 2.75) is 6.04 Å². The Bertz CT molecular complexity index is 485. The number of fused-ring (bicyclic) bond motifs is 1. The number of likely N-dealkylation sites (N-methyl/N-ethyl adjacent to an activating group) is 1. The average molecular weight is 289 g/mol. The molecule has 2 saturated heterocycles. The molecule has 4 heteroatoms. The molecule has 1 aromatic rings. The van der Waals surface area contributed by atoms with E-state index in [1.165, 1.54) is 38.3 Å². The van der Waals surface area contributed by atoms with Crippen LogP contribution in [0.25, 0.3) is 6.08 Å². The zero-order valence-corrected chi connectivity index (χ0v) is 12.7. The van der Waals surface area contributed by atoms with Crippen LogP contribution < -0.4 is 0 Å². The summed E-state index contributed by atoms with van der Waals surface area (Å²) in [7, 11) is 2.21. The highest BCUT2D eigenvalue weighted by molar-refractivity contribution is 5.48. The largest absolute Gasteiger partial charge is 0.303 e. The second-order valence-electron chi connectivity index (χ2n) is 6.17. The van der Waals surface area contributed by atoms with Crippen LogP contribution in [0.5, 0.6) is 0 Å². The van der Waals surface area contributed by atoms with E-state index in [0.29, 0.717) is 6.04 Å². The van der Waals surface area contributed by atoms with Gasteiger partial charge in [0.2, 0.25) is 0 Å². The number of rotatable bonds is 3. The van der Waals surface area contributed by atoms with E-state index in [1.54, 1.807) is 0 Å². The van der Waals surface area contributed by atoms with Crippen LogP contribution in [0, 0.1) is 5.82 Å². The Hall–Kier alpha value is -1.23. The fourth-order valence-corrected chi connectivity index (χ4v) is 3.25. The standard InChI is InChI=1S/C17H24FN3/c1-19-9-11-21-12-10-20(14-17(21)13-19)8-2-3-15-4-6-16(18)7-5-15/h2-7,17H,8-14H2,1H3/b3-2+/t17-/m0/s1. The molecule has 0 unspecified atom stereocenters. The van der Waals surface area contributed by atoms with Gasteiger partial charge >= 0.3 is 0 Å². The maximum absolute atomic E-state index is 12.8. The lowest BCUT2D eigenvalue weighted by molar-refractivity contribution is 0.0246. The Morgan fingerprint density at radius 1 is 1.10 bits per heavy atom. The van der Waals surface area contributed by atoms with E-state index in [9.17, 15) is 4.39 Å². The van der Waals surface area contributed by atoms with Crippen molar-refractivity contribution in [1.29, 1.82) is 0 Å². The highest BCUT2D eigenvalue weighted by Crippen LogP contribution is 2.14. The first-order valence-electron chi connectivity index (χ1n) is 7.78. The molecule has 2 heterocycles. The summed E-state index contributed by atoms with van der Waals surface area (Å²) < 4.78 is 12.8. The maximum Gasteiger partial charge on any atom is 0.123 e. The second kappa shape index (κ2) is 6.69. The van der Waals surface area contributed by atoms with Crippen molar-refractivity contribution in [3.05, 3.63) is 41.7 Å². The summed E-state index contributed by atoms with van der Waals surface area (Å²) in [6, 6.07) is 7.34. The molecule has 0 bridgehead atoms. The third kappa shape index (κ3) is 3.90. The molecular weight excluding hydrogens is 265 g/mol. The monoisotopic (exact) mass is 289 g/mol. The van der Waals surface area contributed by atoms with E-state index in [1.807, 2.05) is 12.1 Å². The number of hydrogen-bond acceptors (Lipinski definition) is 3. The minimum Gasteiger partial charge on any atom is -0.303 e. The van der Waals surface area contributed by atoms with Crippen molar-refractivity contribution in [1.82, 2.24) is 14.7 Å². The Balaban J connectivity index is 1.50. The first-order chi connectivity index (χ1) is 10.2. The number of halogens is 1. The van der Waals surface area contributed by atoms with E-state index in [0.717, 1.165) is 25.2 Å². The van der Waals surface area contributed by atoms with Crippen LogP contribution in [0.2, 0.25) is 0 Å². The second-order valence-corrected chi connectivity index (χ2v) is 6.17. The Morgan fingerprint density at radius 3 is 2.67 bits per heavy atom. The summed E-state index contributed by atoms with van der Waals surface area (Å²) in [6.07, 6.45) is 4.27. The van der Waals surface area contributed by atoms with Gasteiger partial charge in [-0.15, -0.1) is 0 Å². The summed E-state index contributed by atoms with van der Waals surface area (Å²) in [5, 5.41) is 0. The fraction of sp³-hybridized carbons (Fsp3) is 0.529. The molecule has 3 rings (SSSR count). The predicted octanol–water partition coefficient (Wildman–Crippen LogP) is 1.77. The molecule has 1 atom stereocenters. The van der Waals surface area contributed by atoms with E-state index in [4.69, 9.17) is 0 Å². The van der Waals surface area contributed by atoms with Crippen LogP contribution in [-0.2, 0) is 0 Å². The van der Waals surface area contributed by atoms with Crippen LogP contribution in [0.15, 0.2) is 30.3 Å². The van der Waals surface area contributed by atoms with E-state index in [2.05, 4.69) is 33.9 Å². The van der Waals surface area contributed by atoms with Crippen LogP contribution in [-0.4, -0.2) is 73.6 Å². The zero-order valence-electron chi connectivity index (χ0n) is 12.7. The third-order valence-electron chi connectivity index (χ3n) is 4.52. The van der Waals surface area contributed by atoms with E-state index < -0.39 is 0 Å². The number of nitrogens with zero attached hydrogens (tertiary/aromatic N) is 3. The molecule has 2 aliphatic heterocycles. The summed E-state index contributed by atoms with van der Waals surface area (Å²) in [4.78, 5) is 7.57. The SMILES string of the molecule is CN1CCN2CCN(C/C=C/c3ccc(F)cc3)C[C@@H]2C1. The van der Waals surface area contributed by atoms with Crippen LogP contribution in [0.3, 0.4) is 0 Å². The number of hydrogen-bond donors (Lipinski definition) is 0. The summed E-state index contributed by atoms with van der Waals surface area (Å²) >= 11 is 0. The lowest BCUT2D eigenvalue weighted by atomic mass is 10.1. The van der Waals surface area contributed by atoms with Crippen molar-refractivity contribution in [2.75, 3.05) is 52.9 Å². The topological polar surface area (TPSA) is 9.72 Å². The van der Waals surface area contributed by atoms with Gasteiger partial charge in [0.05, 0.1) is 0 Å². The highest BCUT2D eigenvalue weighted by Gasteiger charge is 2.30. The van der Waals surface area contributed by atoms with Crippen LogP contribution in [0.4, 0.5) is 4.39 Å². The average Bonchev–Trinajstić information content (AvgIpc) is 2.49. The van der Waals surface area contributed by atoms with Gasteiger partial charge in [-0.1, -0.05) is 24.3 Å². The molecule has 3 nitrogen and oxygen atoms in total. The van der Waals surface area contributed by atoms with Crippen molar-refractivity contribution in [3.63, 3.8) is 0 Å². The van der Waals surface area contributed by atoms with Crippen molar-refractivity contribution in [2.24, 2.45) is 0 Å². The smallest absolute Gasteiger partial charge is 0.123 e. The Kier molecular flexibility index (Phi) is 4.68. The molecule has 0 N–H and O–H groups in total. The molecule has 0 radical (unpaired) electrons. The zero-order chi connectivity index (χ0) is 14.7. The minimum atomic E-state index is -0.176. The van der Waals surface area contributed by atoms with Gasteiger partial charge in [0.15, 0.2) is 0 Å². The van der Waals surface area contributed by atoms with Crippen molar-refractivity contribution >= 4 is 6.08 Å². The van der Waals surface area contributed by atoms with E-state index in [-0.39, 0.29) is 5.82 Å². The third-order valence-corrected chi connectivity index (χ3v) is 4.52. The minimum absolute atomic E-state index is 0.176. The lowest BCUT2D eigenvalue weighted by Gasteiger charge is -2.46. The molecule has 0 saturated carbocycles. The molecule has 1 aromatic carbocycles. The molecule has 0 amide bonds. The van der Waals surface area contributed by atoms with E-state index >= 15 is 0 Å². The summed E-state index contributed by atoms with van der Waals surface area (Å²) in [5.41, 5.74) is 1.06. The molecule has 21 heavy (non-hydrogen) atoms. The molecule has 2 fully saturated rings. The number of benzene rings is 1. The predicted molar refractivity (Wildman–Crippen MR) is 84.7 cm³/mol. The molecule has 0 aliphatic carbocycles. The Labute approximate surface area is 126 Å². The quantitative estimate of drug-likeness (QED) is 0.840. The fourth-order valence-electron chi connectivity index (χ4n) is 3.25. The lowest BCUT2D eigenvalue weighted by Crippen LogP contribution is -2.61. The maximum atomic E-state index is 12.8. The molecule has 114 valence electrons. The first-order valence-corrected chi connectivity index (χ1v) is 7.78. The van der Waals surface area contributed by atoms with Crippen molar-refractivity contribution < 1.29 is 4.39 Å². The van der Waals surface area contributed by atoms with Gasteiger partial charge in [-0.2, -0.15) is 0 Å². The van der Waals surface area contributed by atoms with Gasteiger partial charge < -0.3 is 4.90 Å². The van der Waals surface area contributed by atoms with Gasteiger partial charge in [0, 0.05) is 51.9 Å². The number of piperazine rings is 2. The van der Waals surface area contributed by atoms with Gasteiger partial charge in [-0.25, -0.2) is 4.39 Å². The van der Waals surface area contributed by atoms with Gasteiger partial charge in [0.25, 0.3) is 0 Å². The van der Waals surface area contributed by atoms with Crippen LogP contribution >= 0.6 is 0 Å². The molecular formula is C17H24FN3. The normalized spacial score (nSPS) is 25.3.